The van der Waals surface area contributed by atoms with Gasteiger partial charge in [-0.05, 0) is 30.2 Å². The Morgan fingerprint density at radius 2 is 1.82 bits per heavy atom. The van der Waals surface area contributed by atoms with Gasteiger partial charge in [0.1, 0.15) is 0 Å². The summed E-state index contributed by atoms with van der Waals surface area (Å²) in [5, 5.41) is 12.3. The van der Waals surface area contributed by atoms with Crippen molar-refractivity contribution in [1.82, 2.24) is 14.8 Å². The molecule has 0 saturated carbocycles. The number of amides is 1. The first kappa shape index (κ1) is 24.2. The highest BCUT2D eigenvalue weighted by Gasteiger charge is 2.20. The fourth-order valence-corrected chi connectivity index (χ4v) is 4.13. The number of hydrogen-bond donors (Lipinski definition) is 1. The van der Waals surface area contributed by atoms with Crippen LogP contribution in [-0.4, -0.2) is 47.8 Å². The predicted octanol–water partition coefficient (Wildman–Crippen LogP) is 4.45. The van der Waals surface area contributed by atoms with Gasteiger partial charge < -0.3 is 19.5 Å². The maximum Gasteiger partial charge on any atom is 0.234 e. The molecule has 1 aromatic heterocycles. The van der Waals surface area contributed by atoms with E-state index in [4.69, 9.17) is 14.2 Å². The van der Waals surface area contributed by atoms with E-state index in [1.807, 2.05) is 41.0 Å². The van der Waals surface area contributed by atoms with Gasteiger partial charge >= 0.3 is 0 Å². The van der Waals surface area contributed by atoms with Crippen LogP contribution >= 0.6 is 11.8 Å². The number of carbonyl (C=O) groups is 1. The van der Waals surface area contributed by atoms with Gasteiger partial charge in [-0.25, -0.2) is 0 Å². The van der Waals surface area contributed by atoms with Crippen molar-refractivity contribution in [3.63, 3.8) is 0 Å². The third-order valence-electron chi connectivity index (χ3n) is 4.96. The van der Waals surface area contributed by atoms with Crippen LogP contribution in [0.1, 0.15) is 12.5 Å². The Labute approximate surface area is 198 Å². The van der Waals surface area contributed by atoms with Gasteiger partial charge in [-0.2, -0.15) is 0 Å². The molecule has 1 N–H and O–H groups in total. The topological polar surface area (TPSA) is 87.5 Å². The van der Waals surface area contributed by atoms with E-state index >= 15 is 0 Å². The lowest BCUT2D eigenvalue weighted by Gasteiger charge is -2.14. The Morgan fingerprint density at radius 1 is 1.12 bits per heavy atom. The molecule has 0 bridgehead atoms. The average molecular weight is 469 g/mol. The number of ether oxygens (including phenoxy) is 3. The SMILES string of the molecule is C=CCn1c(SCC(=O)Nc2ccccc2CC)nnc1-c1cc(OC)c(OC)c(OC)c1. The fourth-order valence-electron chi connectivity index (χ4n) is 3.38. The first-order chi connectivity index (χ1) is 16.1. The highest BCUT2D eigenvalue weighted by atomic mass is 32.2. The van der Waals surface area contributed by atoms with Crippen LogP contribution in [-0.2, 0) is 17.8 Å². The normalized spacial score (nSPS) is 10.5. The highest BCUT2D eigenvalue weighted by Crippen LogP contribution is 2.41. The molecule has 1 heterocycles. The molecule has 0 spiro atoms. The quantitative estimate of drug-likeness (QED) is 0.329. The number of rotatable bonds is 11. The highest BCUT2D eigenvalue weighted by molar-refractivity contribution is 7.99. The Balaban J connectivity index is 1.84. The maximum absolute atomic E-state index is 12.6. The lowest BCUT2D eigenvalue weighted by Crippen LogP contribution is -2.15. The van der Waals surface area contributed by atoms with Gasteiger partial charge in [0.15, 0.2) is 22.5 Å². The molecular formula is C24H28N4O4S. The summed E-state index contributed by atoms with van der Waals surface area (Å²) in [5.41, 5.74) is 2.67. The molecule has 33 heavy (non-hydrogen) atoms. The number of aromatic nitrogens is 3. The van der Waals surface area contributed by atoms with Gasteiger partial charge in [0.05, 0.1) is 27.1 Å². The van der Waals surface area contributed by atoms with E-state index in [1.54, 1.807) is 27.4 Å². The lowest BCUT2D eigenvalue weighted by molar-refractivity contribution is -0.113. The predicted molar refractivity (Wildman–Crippen MR) is 130 cm³/mol. The molecule has 1 amide bonds. The number of anilines is 1. The minimum atomic E-state index is -0.108. The lowest BCUT2D eigenvalue weighted by atomic mass is 10.1. The summed E-state index contributed by atoms with van der Waals surface area (Å²) in [5.74, 6) is 2.23. The molecule has 9 heteroatoms. The Bertz CT molecular complexity index is 1100. The third-order valence-corrected chi connectivity index (χ3v) is 5.92. The van der Waals surface area contributed by atoms with Crippen molar-refractivity contribution in [1.29, 1.82) is 0 Å². The number of benzene rings is 2. The fraction of sp³-hybridized carbons (Fsp3) is 0.292. The Morgan fingerprint density at radius 3 is 2.42 bits per heavy atom. The number of para-hydroxylation sites is 1. The molecule has 0 radical (unpaired) electrons. The summed E-state index contributed by atoms with van der Waals surface area (Å²) in [6.45, 7) is 6.37. The van der Waals surface area contributed by atoms with Crippen LogP contribution in [0.2, 0.25) is 0 Å². The Hall–Kier alpha value is -3.46. The molecule has 3 aromatic rings. The molecule has 2 aromatic carbocycles. The second-order valence-electron chi connectivity index (χ2n) is 6.97. The van der Waals surface area contributed by atoms with Crippen molar-refractivity contribution in [2.24, 2.45) is 0 Å². The summed E-state index contributed by atoms with van der Waals surface area (Å²) in [6, 6.07) is 11.4. The van der Waals surface area contributed by atoms with Gasteiger partial charge in [-0.3, -0.25) is 9.36 Å². The van der Waals surface area contributed by atoms with Gasteiger partial charge in [0, 0.05) is 17.8 Å². The summed E-state index contributed by atoms with van der Waals surface area (Å²) in [7, 11) is 4.68. The minimum absolute atomic E-state index is 0.108. The molecule has 0 aliphatic carbocycles. The molecule has 3 rings (SSSR count). The number of methoxy groups -OCH3 is 3. The van der Waals surface area contributed by atoms with Crippen LogP contribution in [0.15, 0.2) is 54.2 Å². The van der Waals surface area contributed by atoms with Crippen molar-refractivity contribution >= 4 is 23.4 Å². The molecule has 0 atom stereocenters. The summed E-state index contributed by atoms with van der Waals surface area (Å²) >= 11 is 1.31. The number of carbonyl (C=O) groups excluding carboxylic acids is 1. The van der Waals surface area contributed by atoms with Crippen LogP contribution in [0, 0.1) is 0 Å². The van der Waals surface area contributed by atoms with E-state index in [2.05, 4.69) is 29.0 Å². The van der Waals surface area contributed by atoms with E-state index in [1.165, 1.54) is 11.8 Å². The molecule has 0 unspecified atom stereocenters. The van der Waals surface area contributed by atoms with Crippen molar-refractivity contribution in [2.75, 3.05) is 32.4 Å². The van der Waals surface area contributed by atoms with Crippen molar-refractivity contribution in [3.8, 4) is 28.6 Å². The van der Waals surface area contributed by atoms with Gasteiger partial charge in [-0.1, -0.05) is 43.0 Å². The minimum Gasteiger partial charge on any atom is -0.493 e. The van der Waals surface area contributed by atoms with Gasteiger partial charge in [0.25, 0.3) is 0 Å². The van der Waals surface area contributed by atoms with Crippen molar-refractivity contribution in [3.05, 3.63) is 54.6 Å². The number of nitrogens with zero attached hydrogens (tertiary/aromatic N) is 3. The largest absolute Gasteiger partial charge is 0.493 e. The molecule has 174 valence electrons. The number of aryl methyl sites for hydroxylation is 1. The first-order valence-corrected chi connectivity index (χ1v) is 11.4. The second-order valence-corrected chi connectivity index (χ2v) is 7.91. The molecule has 0 aliphatic rings. The molecule has 0 aliphatic heterocycles. The van der Waals surface area contributed by atoms with E-state index in [0.717, 1.165) is 23.2 Å². The van der Waals surface area contributed by atoms with Crippen molar-refractivity contribution < 1.29 is 19.0 Å². The van der Waals surface area contributed by atoms with E-state index in [0.29, 0.717) is 34.8 Å². The molecular weight excluding hydrogens is 440 g/mol. The number of hydrogen-bond acceptors (Lipinski definition) is 7. The van der Waals surface area contributed by atoms with Crippen LogP contribution in [0.3, 0.4) is 0 Å². The maximum atomic E-state index is 12.6. The zero-order chi connectivity index (χ0) is 23.8. The molecule has 0 fully saturated rings. The van der Waals surface area contributed by atoms with Crippen LogP contribution in [0.25, 0.3) is 11.4 Å². The van der Waals surface area contributed by atoms with E-state index in [9.17, 15) is 4.79 Å². The Kier molecular flexibility index (Phi) is 8.37. The number of nitrogens with one attached hydrogen (secondary N) is 1. The molecule has 0 saturated heterocycles. The van der Waals surface area contributed by atoms with Crippen LogP contribution < -0.4 is 19.5 Å². The van der Waals surface area contributed by atoms with Crippen molar-refractivity contribution in [2.45, 2.75) is 25.0 Å². The summed E-state index contributed by atoms with van der Waals surface area (Å²) in [6.07, 6.45) is 2.60. The van der Waals surface area contributed by atoms with Crippen LogP contribution in [0.5, 0.6) is 17.2 Å². The zero-order valence-electron chi connectivity index (χ0n) is 19.3. The standard InChI is InChI=1S/C24H28N4O4S/c1-6-12-28-23(17-13-19(30-3)22(32-5)20(14-17)31-4)26-27-24(28)33-15-21(29)25-18-11-9-8-10-16(18)7-2/h6,8-11,13-14H,1,7,12,15H2,2-5H3,(H,25,29). The van der Waals surface area contributed by atoms with Gasteiger partial charge in [0.2, 0.25) is 11.7 Å². The van der Waals surface area contributed by atoms with E-state index in [-0.39, 0.29) is 11.7 Å². The summed E-state index contributed by atoms with van der Waals surface area (Å²) < 4.78 is 18.2. The van der Waals surface area contributed by atoms with E-state index < -0.39 is 0 Å². The summed E-state index contributed by atoms with van der Waals surface area (Å²) in [4.78, 5) is 12.6. The zero-order valence-corrected chi connectivity index (χ0v) is 20.1. The van der Waals surface area contributed by atoms with Gasteiger partial charge in [-0.15, -0.1) is 16.8 Å². The first-order valence-electron chi connectivity index (χ1n) is 10.4. The second kappa shape index (κ2) is 11.4. The number of thioether (sulfide) groups is 1. The average Bonchev–Trinajstić information content (AvgIpc) is 3.24. The molecule has 8 nitrogen and oxygen atoms in total. The third kappa shape index (κ3) is 5.48. The number of allylic oxidation sites excluding steroid dienone is 1. The smallest absolute Gasteiger partial charge is 0.234 e. The van der Waals surface area contributed by atoms with Crippen LogP contribution in [0.4, 0.5) is 5.69 Å². The monoisotopic (exact) mass is 468 g/mol.